The lowest BCUT2D eigenvalue weighted by atomic mass is 10.1. The molecule has 0 spiro atoms. The van der Waals surface area contributed by atoms with E-state index in [4.69, 9.17) is 14.5 Å². The molecule has 0 aromatic rings. The Bertz CT molecular complexity index is 428. The monoisotopic (exact) mass is 352 g/mol. The minimum Gasteiger partial charge on any atom is -0.382 e. The van der Waals surface area contributed by atoms with Crippen LogP contribution in [0.15, 0.2) is 4.99 Å². The van der Waals surface area contributed by atoms with Crippen LogP contribution in [0.3, 0.4) is 0 Å². The molecule has 0 amide bonds. The maximum absolute atomic E-state index is 5.71. The lowest BCUT2D eigenvalue weighted by Crippen LogP contribution is -2.40. The van der Waals surface area contributed by atoms with Gasteiger partial charge in [0.15, 0.2) is 5.96 Å². The molecule has 2 heterocycles. The highest BCUT2D eigenvalue weighted by atomic mass is 16.5. The predicted octanol–water partition coefficient (Wildman–Crippen LogP) is 1.42. The van der Waals surface area contributed by atoms with Crippen LogP contribution < -0.4 is 5.32 Å². The number of aliphatic imine (C=N–C) groups is 1. The first-order valence-corrected chi connectivity index (χ1v) is 10.1. The Morgan fingerprint density at radius 3 is 2.68 bits per heavy atom. The zero-order valence-corrected chi connectivity index (χ0v) is 16.1. The molecule has 2 unspecified atom stereocenters. The minimum absolute atomic E-state index is 0.609. The largest absolute Gasteiger partial charge is 0.382 e. The second-order valence-electron chi connectivity index (χ2n) is 7.74. The fraction of sp³-hybridized carbons (Fsp3) is 0.947. The second kappa shape index (κ2) is 9.74. The van der Waals surface area contributed by atoms with Crippen LogP contribution >= 0.6 is 0 Å². The number of likely N-dealkylation sites (tertiary alicyclic amines) is 2. The van der Waals surface area contributed by atoms with Gasteiger partial charge in [-0.05, 0) is 45.1 Å². The molecule has 25 heavy (non-hydrogen) atoms. The number of hydrogen-bond donors (Lipinski definition) is 1. The van der Waals surface area contributed by atoms with E-state index in [1.807, 2.05) is 0 Å². The van der Waals surface area contributed by atoms with Gasteiger partial charge in [-0.2, -0.15) is 0 Å². The summed E-state index contributed by atoms with van der Waals surface area (Å²) in [6.45, 7) is 10.9. The summed E-state index contributed by atoms with van der Waals surface area (Å²) < 4.78 is 10.7. The lowest BCUT2D eigenvalue weighted by molar-refractivity contribution is 0.0536. The third kappa shape index (κ3) is 5.83. The highest BCUT2D eigenvalue weighted by Crippen LogP contribution is 2.31. The van der Waals surface area contributed by atoms with E-state index in [0.29, 0.717) is 19.1 Å². The summed E-state index contributed by atoms with van der Waals surface area (Å²) in [5, 5.41) is 3.49. The van der Waals surface area contributed by atoms with E-state index in [2.05, 4.69) is 22.0 Å². The van der Waals surface area contributed by atoms with Gasteiger partial charge in [0.2, 0.25) is 0 Å². The van der Waals surface area contributed by atoms with Crippen molar-refractivity contribution in [3.63, 3.8) is 0 Å². The van der Waals surface area contributed by atoms with E-state index in [9.17, 15) is 0 Å². The highest BCUT2D eigenvalue weighted by molar-refractivity contribution is 5.80. The number of guanidine groups is 1. The summed E-state index contributed by atoms with van der Waals surface area (Å²) in [4.78, 5) is 10.1. The van der Waals surface area contributed by atoms with Crippen molar-refractivity contribution < 1.29 is 9.47 Å². The van der Waals surface area contributed by atoms with E-state index in [0.717, 1.165) is 50.7 Å². The Labute approximate surface area is 152 Å². The summed E-state index contributed by atoms with van der Waals surface area (Å²) in [7, 11) is 1.72. The van der Waals surface area contributed by atoms with E-state index < -0.39 is 0 Å². The summed E-state index contributed by atoms with van der Waals surface area (Å²) >= 11 is 0. The van der Waals surface area contributed by atoms with Gasteiger partial charge in [-0.1, -0.05) is 0 Å². The van der Waals surface area contributed by atoms with Gasteiger partial charge < -0.3 is 24.6 Å². The molecule has 1 saturated carbocycles. The molecular formula is C19H36N4O2. The lowest BCUT2D eigenvalue weighted by Gasteiger charge is -2.22. The van der Waals surface area contributed by atoms with Crippen molar-refractivity contribution in [3.05, 3.63) is 0 Å². The number of ether oxygens (including phenoxy) is 2. The second-order valence-corrected chi connectivity index (χ2v) is 7.74. The first-order chi connectivity index (χ1) is 12.3. The van der Waals surface area contributed by atoms with Gasteiger partial charge in [0.1, 0.15) is 0 Å². The smallest absolute Gasteiger partial charge is 0.193 e. The molecule has 3 aliphatic rings. The number of methoxy groups -OCH3 is 1. The van der Waals surface area contributed by atoms with Gasteiger partial charge in [0, 0.05) is 51.8 Å². The zero-order chi connectivity index (χ0) is 17.5. The van der Waals surface area contributed by atoms with Crippen LogP contribution in [-0.4, -0.2) is 88.0 Å². The molecule has 0 aromatic carbocycles. The predicted molar refractivity (Wildman–Crippen MR) is 101 cm³/mol. The third-order valence-corrected chi connectivity index (χ3v) is 5.59. The van der Waals surface area contributed by atoms with Gasteiger partial charge in [0.05, 0.1) is 19.8 Å². The van der Waals surface area contributed by atoms with Crippen molar-refractivity contribution in [1.82, 2.24) is 15.1 Å². The van der Waals surface area contributed by atoms with Crippen molar-refractivity contribution in [3.8, 4) is 0 Å². The zero-order valence-electron chi connectivity index (χ0n) is 16.1. The molecule has 0 radical (unpaired) electrons. The average Bonchev–Trinajstić information content (AvgIpc) is 3.18. The molecule has 2 atom stereocenters. The Kier molecular flexibility index (Phi) is 7.37. The Hall–Kier alpha value is -0.850. The highest BCUT2D eigenvalue weighted by Gasteiger charge is 2.34. The first-order valence-electron chi connectivity index (χ1n) is 10.1. The van der Waals surface area contributed by atoms with E-state index >= 15 is 0 Å². The van der Waals surface area contributed by atoms with Crippen molar-refractivity contribution >= 4 is 5.96 Å². The van der Waals surface area contributed by atoms with Crippen molar-refractivity contribution in [2.24, 2.45) is 16.8 Å². The number of nitrogens with zero attached hydrogens (tertiary/aromatic N) is 3. The molecule has 3 rings (SSSR count). The van der Waals surface area contributed by atoms with Crippen molar-refractivity contribution in [1.29, 1.82) is 0 Å². The fourth-order valence-electron chi connectivity index (χ4n) is 3.98. The van der Waals surface area contributed by atoms with Crippen LogP contribution in [0.25, 0.3) is 0 Å². The average molecular weight is 353 g/mol. The number of nitrogens with one attached hydrogen (secondary N) is 1. The SMILES string of the molecule is CCNC(=NCC1CCN(C2CC2)C1)N1CCC(COCCOC)C1. The maximum Gasteiger partial charge on any atom is 0.193 e. The van der Waals surface area contributed by atoms with Crippen molar-refractivity contribution in [2.75, 3.05) is 66.2 Å². The van der Waals surface area contributed by atoms with Crippen LogP contribution in [0.1, 0.15) is 32.6 Å². The van der Waals surface area contributed by atoms with Crippen LogP contribution in [-0.2, 0) is 9.47 Å². The Balaban J connectivity index is 1.42. The Morgan fingerprint density at radius 1 is 1.08 bits per heavy atom. The van der Waals surface area contributed by atoms with E-state index in [1.54, 1.807) is 7.11 Å². The minimum atomic E-state index is 0.609. The summed E-state index contributed by atoms with van der Waals surface area (Å²) in [5.41, 5.74) is 0. The molecule has 0 aromatic heterocycles. The number of hydrogen-bond acceptors (Lipinski definition) is 4. The molecular weight excluding hydrogens is 316 g/mol. The van der Waals surface area contributed by atoms with Crippen LogP contribution in [0.2, 0.25) is 0 Å². The summed E-state index contributed by atoms with van der Waals surface area (Å²) in [6, 6.07) is 0.902. The topological polar surface area (TPSA) is 49.3 Å². The van der Waals surface area contributed by atoms with Gasteiger partial charge in [-0.15, -0.1) is 0 Å². The standard InChI is InChI=1S/C19H36N4O2/c1-3-20-19(21-12-16-6-8-22(13-16)18-4-5-18)23-9-7-17(14-23)15-25-11-10-24-2/h16-18H,3-15H2,1-2H3,(H,20,21). The first kappa shape index (κ1) is 18.9. The molecule has 0 bridgehead atoms. The number of rotatable bonds is 9. The van der Waals surface area contributed by atoms with Crippen LogP contribution in [0.4, 0.5) is 0 Å². The molecule has 6 heteroatoms. The van der Waals surface area contributed by atoms with Gasteiger partial charge >= 0.3 is 0 Å². The van der Waals surface area contributed by atoms with E-state index in [-0.39, 0.29) is 0 Å². The maximum atomic E-state index is 5.71. The summed E-state index contributed by atoms with van der Waals surface area (Å²) in [5.74, 6) is 2.45. The molecule has 6 nitrogen and oxygen atoms in total. The van der Waals surface area contributed by atoms with Gasteiger partial charge in [-0.3, -0.25) is 4.99 Å². The van der Waals surface area contributed by atoms with E-state index in [1.165, 1.54) is 38.8 Å². The van der Waals surface area contributed by atoms with Gasteiger partial charge in [0.25, 0.3) is 0 Å². The fourth-order valence-corrected chi connectivity index (χ4v) is 3.98. The third-order valence-electron chi connectivity index (χ3n) is 5.59. The molecule has 2 saturated heterocycles. The molecule has 144 valence electrons. The normalized spacial score (nSPS) is 28.1. The molecule has 1 aliphatic carbocycles. The van der Waals surface area contributed by atoms with Crippen molar-refractivity contribution in [2.45, 2.75) is 38.6 Å². The van der Waals surface area contributed by atoms with Gasteiger partial charge in [-0.25, -0.2) is 0 Å². The Morgan fingerprint density at radius 2 is 1.92 bits per heavy atom. The molecule has 1 N–H and O–H groups in total. The van der Waals surface area contributed by atoms with Crippen LogP contribution in [0.5, 0.6) is 0 Å². The van der Waals surface area contributed by atoms with Crippen LogP contribution in [0, 0.1) is 11.8 Å². The quantitative estimate of drug-likeness (QED) is 0.386. The summed E-state index contributed by atoms with van der Waals surface area (Å²) in [6.07, 6.45) is 5.34. The molecule has 2 aliphatic heterocycles. The molecule has 3 fully saturated rings.